The molecule has 62 valence electrons. The summed E-state index contributed by atoms with van der Waals surface area (Å²) < 4.78 is 0. The van der Waals surface area contributed by atoms with Crippen molar-refractivity contribution >= 4 is 5.91 Å². The Hall–Kier alpha value is -0.570. The Balaban J connectivity index is 2.12. The van der Waals surface area contributed by atoms with Crippen LogP contribution in [0.5, 0.6) is 0 Å². The Labute approximate surface area is 67.0 Å². The molecule has 2 heterocycles. The van der Waals surface area contributed by atoms with Crippen LogP contribution in [0, 0.1) is 5.41 Å². The van der Waals surface area contributed by atoms with E-state index in [4.69, 9.17) is 0 Å². The molecule has 2 rings (SSSR count). The zero-order valence-corrected chi connectivity index (χ0v) is 7.13. The number of carbonyl (C=O) groups excluding carboxylic acids is 1. The quantitative estimate of drug-likeness (QED) is 0.481. The number of hydrogen-bond donors (Lipinski definition) is 0. The molecule has 0 atom stereocenters. The van der Waals surface area contributed by atoms with E-state index in [-0.39, 0.29) is 5.41 Å². The SMILES string of the molecule is CN1CC2(CCN(C)C2=O)C1. The molecule has 2 saturated heterocycles. The summed E-state index contributed by atoms with van der Waals surface area (Å²) in [7, 11) is 3.96. The first-order valence-electron chi connectivity index (χ1n) is 4.08. The molecule has 0 aromatic rings. The summed E-state index contributed by atoms with van der Waals surface area (Å²) in [5.74, 6) is 0.357. The maximum atomic E-state index is 11.6. The highest BCUT2D eigenvalue weighted by Crippen LogP contribution is 2.38. The Morgan fingerprint density at radius 2 is 2.00 bits per heavy atom. The third-order valence-electron chi connectivity index (χ3n) is 2.87. The van der Waals surface area contributed by atoms with Crippen LogP contribution in [-0.2, 0) is 4.79 Å². The lowest BCUT2D eigenvalue weighted by molar-refractivity contribution is -0.142. The van der Waals surface area contributed by atoms with Crippen LogP contribution in [0.25, 0.3) is 0 Å². The van der Waals surface area contributed by atoms with E-state index in [1.807, 2.05) is 11.9 Å². The Bertz CT molecular complexity index is 191. The van der Waals surface area contributed by atoms with Crippen LogP contribution < -0.4 is 0 Å². The van der Waals surface area contributed by atoms with Crippen molar-refractivity contribution in [1.82, 2.24) is 9.80 Å². The van der Waals surface area contributed by atoms with Gasteiger partial charge in [-0.2, -0.15) is 0 Å². The molecular formula is C8H14N2O. The van der Waals surface area contributed by atoms with Crippen LogP contribution in [-0.4, -0.2) is 49.4 Å². The van der Waals surface area contributed by atoms with Gasteiger partial charge in [0.2, 0.25) is 5.91 Å². The summed E-state index contributed by atoms with van der Waals surface area (Å²) in [6.07, 6.45) is 1.06. The first-order valence-corrected chi connectivity index (χ1v) is 4.08. The highest BCUT2D eigenvalue weighted by atomic mass is 16.2. The van der Waals surface area contributed by atoms with Crippen molar-refractivity contribution in [3.8, 4) is 0 Å². The zero-order chi connectivity index (χ0) is 8.06. The second kappa shape index (κ2) is 1.97. The van der Waals surface area contributed by atoms with Gasteiger partial charge in [-0.3, -0.25) is 4.79 Å². The van der Waals surface area contributed by atoms with Crippen LogP contribution in [0.15, 0.2) is 0 Å². The largest absolute Gasteiger partial charge is 0.345 e. The first kappa shape index (κ1) is 7.10. The first-order chi connectivity index (χ1) is 5.14. The summed E-state index contributed by atoms with van der Waals surface area (Å²) in [6, 6.07) is 0. The molecule has 3 nitrogen and oxygen atoms in total. The fourth-order valence-corrected chi connectivity index (χ4v) is 2.28. The number of rotatable bonds is 0. The zero-order valence-electron chi connectivity index (χ0n) is 7.13. The van der Waals surface area contributed by atoms with Crippen LogP contribution in [0.1, 0.15) is 6.42 Å². The maximum Gasteiger partial charge on any atom is 0.231 e. The van der Waals surface area contributed by atoms with Crippen molar-refractivity contribution in [2.75, 3.05) is 33.7 Å². The highest BCUT2D eigenvalue weighted by Gasteiger charge is 2.52. The molecule has 1 amide bonds. The summed E-state index contributed by atoms with van der Waals surface area (Å²) in [6.45, 7) is 2.89. The van der Waals surface area contributed by atoms with Crippen molar-refractivity contribution in [3.63, 3.8) is 0 Å². The molecule has 0 radical (unpaired) electrons. The van der Waals surface area contributed by atoms with E-state index >= 15 is 0 Å². The lowest BCUT2D eigenvalue weighted by atomic mass is 9.79. The maximum absolute atomic E-state index is 11.6. The number of nitrogens with zero attached hydrogens (tertiary/aromatic N) is 2. The molecule has 2 aliphatic rings. The van der Waals surface area contributed by atoms with Gasteiger partial charge in [0.05, 0.1) is 5.41 Å². The minimum Gasteiger partial charge on any atom is -0.345 e. The van der Waals surface area contributed by atoms with Gasteiger partial charge in [-0.25, -0.2) is 0 Å². The molecule has 0 saturated carbocycles. The highest BCUT2D eigenvalue weighted by molar-refractivity contribution is 5.86. The second-order valence-electron chi connectivity index (χ2n) is 3.93. The normalized spacial score (nSPS) is 29.6. The van der Waals surface area contributed by atoms with Gasteiger partial charge in [0.15, 0.2) is 0 Å². The molecule has 0 bridgehead atoms. The van der Waals surface area contributed by atoms with Gasteiger partial charge in [0.1, 0.15) is 0 Å². The van der Waals surface area contributed by atoms with Crippen molar-refractivity contribution < 1.29 is 4.79 Å². The average molecular weight is 154 g/mol. The Morgan fingerprint density at radius 1 is 1.36 bits per heavy atom. The fraction of sp³-hybridized carbons (Fsp3) is 0.875. The third-order valence-corrected chi connectivity index (χ3v) is 2.87. The van der Waals surface area contributed by atoms with E-state index < -0.39 is 0 Å². The number of carbonyl (C=O) groups is 1. The lowest BCUT2D eigenvalue weighted by Gasteiger charge is -2.44. The molecular weight excluding hydrogens is 140 g/mol. The smallest absolute Gasteiger partial charge is 0.231 e. The minimum atomic E-state index is 0.0312. The monoisotopic (exact) mass is 154 g/mol. The van der Waals surface area contributed by atoms with Crippen molar-refractivity contribution in [2.24, 2.45) is 5.41 Å². The van der Waals surface area contributed by atoms with Gasteiger partial charge in [-0.15, -0.1) is 0 Å². The van der Waals surface area contributed by atoms with E-state index in [0.717, 1.165) is 26.1 Å². The molecule has 11 heavy (non-hydrogen) atoms. The van der Waals surface area contributed by atoms with E-state index in [9.17, 15) is 4.79 Å². The summed E-state index contributed by atoms with van der Waals surface area (Å²) in [4.78, 5) is 15.6. The summed E-state index contributed by atoms with van der Waals surface area (Å²) in [5.41, 5.74) is 0.0312. The Morgan fingerprint density at radius 3 is 2.36 bits per heavy atom. The molecule has 2 fully saturated rings. The van der Waals surface area contributed by atoms with Crippen molar-refractivity contribution in [2.45, 2.75) is 6.42 Å². The van der Waals surface area contributed by atoms with Gasteiger partial charge in [-0.1, -0.05) is 0 Å². The predicted octanol–water partition coefficient (Wildman–Crippen LogP) is -0.220. The van der Waals surface area contributed by atoms with E-state index in [1.54, 1.807) is 0 Å². The van der Waals surface area contributed by atoms with Crippen LogP contribution in [0.4, 0.5) is 0 Å². The minimum absolute atomic E-state index is 0.0312. The topological polar surface area (TPSA) is 23.6 Å². The number of hydrogen-bond acceptors (Lipinski definition) is 2. The van der Waals surface area contributed by atoms with Gasteiger partial charge >= 0.3 is 0 Å². The van der Waals surface area contributed by atoms with Gasteiger partial charge < -0.3 is 9.80 Å². The molecule has 0 aromatic heterocycles. The Kier molecular flexibility index (Phi) is 1.27. The molecule has 3 heteroatoms. The van der Waals surface area contributed by atoms with Gasteiger partial charge in [0.25, 0.3) is 0 Å². The number of amides is 1. The summed E-state index contributed by atoms with van der Waals surface area (Å²) >= 11 is 0. The van der Waals surface area contributed by atoms with Crippen LogP contribution >= 0.6 is 0 Å². The third kappa shape index (κ3) is 0.805. The molecule has 0 N–H and O–H groups in total. The number of likely N-dealkylation sites (tertiary alicyclic amines) is 2. The van der Waals surface area contributed by atoms with Crippen molar-refractivity contribution in [1.29, 1.82) is 0 Å². The standard InChI is InChI=1S/C8H14N2O/c1-9-5-8(6-9)3-4-10(2)7(8)11/h3-6H2,1-2H3. The fourth-order valence-electron chi connectivity index (χ4n) is 2.28. The predicted molar refractivity (Wildman–Crippen MR) is 42.2 cm³/mol. The molecule has 0 unspecified atom stereocenters. The molecule has 0 aromatic carbocycles. The summed E-state index contributed by atoms with van der Waals surface area (Å²) in [5, 5.41) is 0. The van der Waals surface area contributed by atoms with Crippen LogP contribution in [0.3, 0.4) is 0 Å². The average Bonchev–Trinajstić information content (AvgIpc) is 2.16. The molecule has 1 spiro atoms. The lowest BCUT2D eigenvalue weighted by Crippen LogP contribution is -2.57. The van der Waals surface area contributed by atoms with E-state index in [1.165, 1.54) is 0 Å². The molecule has 2 aliphatic heterocycles. The van der Waals surface area contributed by atoms with Crippen molar-refractivity contribution in [3.05, 3.63) is 0 Å². The van der Waals surface area contributed by atoms with E-state index in [0.29, 0.717) is 5.91 Å². The van der Waals surface area contributed by atoms with Gasteiger partial charge in [-0.05, 0) is 13.5 Å². The van der Waals surface area contributed by atoms with E-state index in [2.05, 4.69) is 11.9 Å². The second-order valence-corrected chi connectivity index (χ2v) is 3.93. The van der Waals surface area contributed by atoms with Gasteiger partial charge in [0, 0.05) is 26.7 Å². The molecule has 0 aliphatic carbocycles. The van der Waals surface area contributed by atoms with Crippen LogP contribution in [0.2, 0.25) is 0 Å².